The molecule has 0 bridgehead atoms. The predicted octanol–water partition coefficient (Wildman–Crippen LogP) is 4.31. The van der Waals surface area contributed by atoms with Gasteiger partial charge >= 0.3 is 5.97 Å². The number of pyridine rings is 1. The predicted molar refractivity (Wildman–Crippen MR) is 93.8 cm³/mol. The second-order valence-electron chi connectivity index (χ2n) is 5.18. The molecular weight excluding hydrogens is 360 g/mol. The third-order valence-corrected chi connectivity index (χ3v) is 4.46. The third kappa shape index (κ3) is 3.32. The van der Waals surface area contributed by atoms with Gasteiger partial charge in [-0.15, -0.1) is 0 Å². The number of anilines is 2. The van der Waals surface area contributed by atoms with Gasteiger partial charge in [-0.3, -0.25) is 0 Å². The summed E-state index contributed by atoms with van der Waals surface area (Å²) in [5.41, 5.74) is 4.13. The van der Waals surface area contributed by atoms with Crippen molar-refractivity contribution in [2.75, 3.05) is 19.5 Å². The van der Waals surface area contributed by atoms with Gasteiger partial charge < -0.3 is 14.8 Å². The van der Waals surface area contributed by atoms with E-state index in [0.717, 1.165) is 28.1 Å². The Morgan fingerprint density at radius 2 is 1.87 bits per heavy atom. The molecule has 0 spiro atoms. The minimum Gasteiger partial charge on any atom is -0.496 e. The lowest BCUT2D eigenvalue weighted by Crippen LogP contribution is -2.09. The maximum atomic E-state index is 12.0. The van der Waals surface area contributed by atoms with Crippen LogP contribution in [0.25, 0.3) is 0 Å². The fourth-order valence-electron chi connectivity index (χ4n) is 2.37. The summed E-state index contributed by atoms with van der Waals surface area (Å²) < 4.78 is 10.8. The Hall–Kier alpha value is -2.08. The van der Waals surface area contributed by atoms with Gasteiger partial charge in [0.15, 0.2) is 0 Å². The van der Waals surface area contributed by atoms with Crippen molar-refractivity contribution < 1.29 is 14.3 Å². The first-order valence-corrected chi connectivity index (χ1v) is 7.84. The summed E-state index contributed by atoms with van der Waals surface area (Å²) in [6, 6.07) is 3.89. The molecule has 0 saturated carbocycles. The van der Waals surface area contributed by atoms with Gasteiger partial charge in [0, 0.05) is 17.4 Å². The molecule has 0 fully saturated rings. The van der Waals surface area contributed by atoms with Crippen LogP contribution in [0.15, 0.2) is 22.8 Å². The number of carbonyl (C=O) groups is 1. The summed E-state index contributed by atoms with van der Waals surface area (Å²) >= 11 is 3.46. The number of aryl methyl sites for hydroxylation is 2. The lowest BCUT2D eigenvalue weighted by Gasteiger charge is -2.17. The number of halogens is 1. The number of methoxy groups -OCH3 is 2. The number of hydrogen-bond donors (Lipinski definition) is 1. The molecule has 0 amide bonds. The number of esters is 1. The lowest BCUT2D eigenvalue weighted by molar-refractivity contribution is 0.0599. The fraction of sp³-hybridized carbons (Fsp3) is 0.294. The van der Waals surface area contributed by atoms with E-state index in [1.54, 1.807) is 13.3 Å². The van der Waals surface area contributed by atoms with Crippen LogP contribution in [0.3, 0.4) is 0 Å². The molecule has 0 aliphatic carbocycles. The minimum atomic E-state index is -0.404. The maximum Gasteiger partial charge on any atom is 0.339 e. The number of nitrogens with zero attached hydrogens (tertiary/aromatic N) is 1. The van der Waals surface area contributed by atoms with Crippen LogP contribution in [-0.4, -0.2) is 25.2 Å². The average molecular weight is 379 g/mol. The minimum absolute atomic E-state index is 0.404. The van der Waals surface area contributed by atoms with Crippen LogP contribution in [-0.2, 0) is 4.74 Å². The molecule has 2 aromatic rings. The van der Waals surface area contributed by atoms with Crippen molar-refractivity contribution >= 4 is 33.4 Å². The Bertz CT molecular complexity index is 760. The summed E-state index contributed by atoms with van der Waals surface area (Å²) in [5.74, 6) is 0.934. The normalized spacial score (nSPS) is 10.3. The highest BCUT2D eigenvalue weighted by Crippen LogP contribution is 2.34. The SMILES string of the molecule is COC(=O)c1c(C)cnc(Nc2c(C)ccc(OC)c2C)c1Br. The highest BCUT2D eigenvalue weighted by Gasteiger charge is 2.19. The Balaban J connectivity index is 2.52. The first kappa shape index (κ1) is 17.3. The number of hydrogen-bond acceptors (Lipinski definition) is 5. The quantitative estimate of drug-likeness (QED) is 0.803. The van der Waals surface area contributed by atoms with Crippen molar-refractivity contribution in [3.63, 3.8) is 0 Å². The van der Waals surface area contributed by atoms with Gasteiger partial charge in [-0.05, 0) is 53.9 Å². The van der Waals surface area contributed by atoms with E-state index in [0.29, 0.717) is 15.9 Å². The Morgan fingerprint density at radius 3 is 2.48 bits per heavy atom. The molecule has 6 heteroatoms. The van der Waals surface area contributed by atoms with Crippen LogP contribution in [0.1, 0.15) is 27.0 Å². The topological polar surface area (TPSA) is 60.5 Å². The van der Waals surface area contributed by atoms with Gasteiger partial charge in [0.2, 0.25) is 0 Å². The number of rotatable bonds is 4. The average Bonchev–Trinajstić information content (AvgIpc) is 2.53. The molecule has 1 aromatic heterocycles. The van der Waals surface area contributed by atoms with E-state index in [1.165, 1.54) is 7.11 Å². The van der Waals surface area contributed by atoms with Gasteiger partial charge in [0.1, 0.15) is 11.6 Å². The zero-order valence-electron chi connectivity index (χ0n) is 13.8. The van der Waals surface area contributed by atoms with Crippen LogP contribution in [0.4, 0.5) is 11.5 Å². The van der Waals surface area contributed by atoms with Crippen molar-refractivity contribution in [2.24, 2.45) is 0 Å². The van der Waals surface area contributed by atoms with Gasteiger partial charge in [0.25, 0.3) is 0 Å². The highest BCUT2D eigenvalue weighted by molar-refractivity contribution is 9.10. The molecule has 0 aliphatic heterocycles. The van der Waals surface area contributed by atoms with E-state index in [1.807, 2.05) is 32.9 Å². The number of carbonyl (C=O) groups excluding carboxylic acids is 1. The number of benzene rings is 1. The van der Waals surface area contributed by atoms with Crippen LogP contribution in [0.5, 0.6) is 5.75 Å². The van der Waals surface area contributed by atoms with Crippen molar-refractivity contribution in [3.8, 4) is 5.75 Å². The molecule has 5 nitrogen and oxygen atoms in total. The Kier molecular flexibility index (Phi) is 5.26. The van der Waals surface area contributed by atoms with Crippen LogP contribution < -0.4 is 10.1 Å². The summed E-state index contributed by atoms with van der Waals surface area (Å²) in [4.78, 5) is 16.3. The summed E-state index contributed by atoms with van der Waals surface area (Å²) in [6.45, 7) is 5.78. The second-order valence-corrected chi connectivity index (χ2v) is 5.97. The molecule has 1 aromatic carbocycles. The van der Waals surface area contributed by atoms with E-state index in [9.17, 15) is 4.79 Å². The molecule has 122 valence electrons. The number of aromatic nitrogens is 1. The van der Waals surface area contributed by atoms with Gasteiger partial charge in [0.05, 0.1) is 24.3 Å². The molecule has 0 radical (unpaired) electrons. The second kappa shape index (κ2) is 7.00. The molecule has 0 atom stereocenters. The molecular formula is C17H19BrN2O3. The van der Waals surface area contributed by atoms with Crippen LogP contribution >= 0.6 is 15.9 Å². The molecule has 0 aliphatic rings. The third-order valence-electron chi connectivity index (χ3n) is 3.69. The van der Waals surface area contributed by atoms with Crippen molar-refractivity contribution in [1.29, 1.82) is 0 Å². The zero-order chi connectivity index (χ0) is 17.1. The smallest absolute Gasteiger partial charge is 0.339 e. The van der Waals surface area contributed by atoms with E-state index in [-0.39, 0.29) is 0 Å². The van der Waals surface area contributed by atoms with E-state index < -0.39 is 5.97 Å². The van der Waals surface area contributed by atoms with Crippen LogP contribution in [0.2, 0.25) is 0 Å². The van der Waals surface area contributed by atoms with E-state index >= 15 is 0 Å². The molecule has 1 heterocycles. The molecule has 23 heavy (non-hydrogen) atoms. The fourth-order valence-corrected chi connectivity index (χ4v) is 3.05. The van der Waals surface area contributed by atoms with Crippen molar-refractivity contribution in [2.45, 2.75) is 20.8 Å². The summed E-state index contributed by atoms with van der Waals surface area (Å²) in [5, 5.41) is 3.28. The van der Waals surface area contributed by atoms with E-state index in [4.69, 9.17) is 9.47 Å². The standard InChI is InChI=1S/C17H19BrN2O3/c1-9-6-7-12(22-4)11(3)15(9)20-16-14(18)13(17(21)23-5)10(2)8-19-16/h6-8H,1-5H3,(H,19,20). The summed E-state index contributed by atoms with van der Waals surface area (Å²) in [7, 11) is 2.99. The number of ether oxygens (including phenoxy) is 2. The Labute approximate surface area is 144 Å². The van der Waals surface area contributed by atoms with Crippen LogP contribution in [0, 0.1) is 20.8 Å². The largest absolute Gasteiger partial charge is 0.496 e. The van der Waals surface area contributed by atoms with Crippen molar-refractivity contribution in [1.82, 2.24) is 4.98 Å². The van der Waals surface area contributed by atoms with Gasteiger partial charge in [-0.1, -0.05) is 6.07 Å². The first-order valence-electron chi connectivity index (χ1n) is 7.05. The van der Waals surface area contributed by atoms with Gasteiger partial charge in [-0.2, -0.15) is 0 Å². The first-order chi connectivity index (χ1) is 10.9. The highest BCUT2D eigenvalue weighted by atomic mass is 79.9. The molecule has 2 rings (SSSR count). The van der Waals surface area contributed by atoms with Crippen molar-refractivity contribution in [3.05, 3.63) is 45.1 Å². The zero-order valence-corrected chi connectivity index (χ0v) is 15.4. The molecule has 0 unspecified atom stereocenters. The lowest BCUT2D eigenvalue weighted by atomic mass is 10.1. The summed E-state index contributed by atoms with van der Waals surface area (Å²) in [6.07, 6.45) is 1.64. The van der Waals surface area contributed by atoms with Gasteiger partial charge in [-0.25, -0.2) is 9.78 Å². The molecule has 1 N–H and O–H groups in total. The maximum absolute atomic E-state index is 12.0. The van der Waals surface area contributed by atoms with E-state index in [2.05, 4.69) is 26.2 Å². The Morgan fingerprint density at radius 1 is 1.17 bits per heavy atom. The number of nitrogens with one attached hydrogen (secondary N) is 1. The molecule has 0 saturated heterocycles. The monoisotopic (exact) mass is 378 g/mol.